The van der Waals surface area contributed by atoms with Crippen molar-refractivity contribution in [2.45, 2.75) is 45.7 Å². The number of piperidine rings is 1. The van der Waals surface area contributed by atoms with Crippen LogP contribution >= 0.6 is 0 Å². The summed E-state index contributed by atoms with van der Waals surface area (Å²) in [7, 11) is 0. The first-order valence-corrected chi connectivity index (χ1v) is 6.19. The molecular formula is C12H22N2O3. The molecule has 0 saturated carbocycles. The Morgan fingerprint density at radius 2 is 1.76 bits per heavy atom. The molecule has 0 radical (unpaired) electrons. The van der Waals surface area contributed by atoms with Crippen LogP contribution in [0.3, 0.4) is 0 Å². The molecule has 17 heavy (non-hydrogen) atoms. The summed E-state index contributed by atoms with van der Waals surface area (Å²) in [6.07, 6.45) is 1.66. The third kappa shape index (κ3) is 4.00. The van der Waals surface area contributed by atoms with Crippen LogP contribution in [0, 0.1) is 5.92 Å². The summed E-state index contributed by atoms with van der Waals surface area (Å²) >= 11 is 0. The fraction of sp³-hybridized carbons (Fsp3) is 0.833. The molecule has 1 rings (SSSR count). The van der Waals surface area contributed by atoms with Crippen molar-refractivity contribution in [1.29, 1.82) is 0 Å². The van der Waals surface area contributed by atoms with Crippen LogP contribution in [-0.4, -0.2) is 47.1 Å². The van der Waals surface area contributed by atoms with Crippen LogP contribution in [-0.2, 0) is 9.59 Å². The summed E-state index contributed by atoms with van der Waals surface area (Å²) in [5.74, 6) is -0.599. The first-order valence-electron chi connectivity index (χ1n) is 6.19. The second kappa shape index (κ2) is 6.00. The SMILES string of the molecule is CC(C)C(=O)N1CCC(NC(C)C(=O)O)CC1. The van der Waals surface area contributed by atoms with Gasteiger partial charge in [0.25, 0.3) is 0 Å². The van der Waals surface area contributed by atoms with Gasteiger partial charge in [-0.05, 0) is 19.8 Å². The molecule has 0 spiro atoms. The molecule has 1 saturated heterocycles. The molecule has 5 nitrogen and oxygen atoms in total. The summed E-state index contributed by atoms with van der Waals surface area (Å²) in [5.41, 5.74) is 0. The number of nitrogens with zero attached hydrogens (tertiary/aromatic N) is 1. The van der Waals surface area contributed by atoms with Crippen molar-refractivity contribution < 1.29 is 14.7 Å². The van der Waals surface area contributed by atoms with Crippen LogP contribution in [0.25, 0.3) is 0 Å². The molecule has 0 aromatic carbocycles. The average molecular weight is 242 g/mol. The van der Waals surface area contributed by atoms with Gasteiger partial charge in [-0.1, -0.05) is 13.8 Å². The Kier molecular flexibility index (Phi) is 4.93. The zero-order valence-electron chi connectivity index (χ0n) is 10.8. The predicted molar refractivity (Wildman–Crippen MR) is 64.7 cm³/mol. The summed E-state index contributed by atoms with van der Waals surface area (Å²) in [6.45, 7) is 6.90. The molecule has 0 bridgehead atoms. The zero-order chi connectivity index (χ0) is 13.0. The summed E-state index contributed by atoms with van der Waals surface area (Å²) in [5, 5.41) is 11.9. The smallest absolute Gasteiger partial charge is 0.320 e. The lowest BCUT2D eigenvalue weighted by atomic mass is 10.0. The van der Waals surface area contributed by atoms with Crippen molar-refractivity contribution >= 4 is 11.9 Å². The number of rotatable bonds is 4. The first-order chi connectivity index (χ1) is 7.91. The maximum Gasteiger partial charge on any atom is 0.320 e. The quantitative estimate of drug-likeness (QED) is 0.761. The monoisotopic (exact) mass is 242 g/mol. The molecule has 1 unspecified atom stereocenters. The van der Waals surface area contributed by atoms with E-state index in [1.807, 2.05) is 18.7 Å². The number of carbonyl (C=O) groups is 2. The normalized spacial score (nSPS) is 19.4. The molecule has 1 amide bonds. The maximum atomic E-state index is 11.7. The van der Waals surface area contributed by atoms with E-state index in [9.17, 15) is 9.59 Å². The molecule has 0 aromatic heterocycles. The van der Waals surface area contributed by atoms with E-state index >= 15 is 0 Å². The molecule has 1 aliphatic rings. The Labute approximate surface area is 102 Å². The van der Waals surface area contributed by atoms with E-state index in [1.54, 1.807) is 6.92 Å². The number of nitrogens with one attached hydrogen (secondary N) is 1. The minimum absolute atomic E-state index is 0.0393. The molecule has 0 aromatic rings. The number of hydrogen-bond donors (Lipinski definition) is 2. The van der Waals surface area contributed by atoms with Gasteiger partial charge in [0.15, 0.2) is 0 Å². The van der Waals surface area contributed by atoms with Crippen molar-refractivity contribution in [1.82, 2.24) is 10.2 Å². The molecule has 98 valence electrons. The highest BCUT2D eigenvalue weighted by atomic mass is 16.4. The Bertz CT molecular complexity index is 283. The topological polar surface area (TPSA) is 69.6 Å². The number of aliphatic carboxylic acids is 1. The standard InChI is InChI=1S/C12H22N2O3/c1-8(2)11(15)14-6-4-10(5-7-14)13-9(3)12(16)17/h8-10,13H,4-7H2,1-3H3,(H,16,17). The second-order valence-electron chi connectivity index (χ2n) is 4.98. The molecule has 5 heteroatoms. The van der Waals surface area contributed by atoms with Gasteiger partial charge in [-0.2, -0.15) is 0 Å². The van der Waals surface area contributed by atoms with Gasteiger partial charge in [0.2, 0.25) is 5.91 Å². The van der Waals surface area contributed by atoms with Crippen molar-refractivity contribution in [2.24, 2.45) is 5.92 Å². The molecule has 1 aliphatic heterocycles. The maximum absolute atomic E-state index is 11.7. The van der Waals surface area contributed by atoms with E-state index in [0.29, 0.717) is 0 Å². The van der Waals surface area contributed by atoms with Gasteiger partial charge in [-0.15, -0.1) is 0 Å². The number of carboxylic acid groups (broad SMARTS) is 1. The summed E-state index contributed by atoms with van der Waals surface area (Å²) in [6, 6.07) is -0.315. The molecular weight excluding hydrogens is 220 g/mol. The van der Waals surface area contributed by atoms with Crippen LogP contribution < -0.4 is 5.32 Å². The van der Waals surface area contributed by atoms with Crippen LogP contribution in [0.2, 0.25) is 0 Å². The van der Waals surface area contributed by atoms with Gasteiger partial charge in [0.05, 0.1) is 0 Å². The molecule has 1 fully saturated rings. The zero-order valence-corrected chi connectivity index (χ0v) is 10.8. The Hall–Kier alpha value is -1.10. The first kappa shape index (κ1) is 14.0. The number of hydrogen-bond acceptors (Lipinski definition) is 3. The van der Waals surface area contributed by atoms with Crippen molar-refractivity contribution in [3.8, 4) is 0 Å². The van der Waals surface area contributed by atoms with Crippen molar-refractivity contribution in [3.63, 3.8) is 0 Å². The highest BCUT2D eigenvalue weighted by Gasteiger charge is 2.25. The van der Waals surface area contributed by atoms with Gasteiger partial charge < -0.3 is 15.3 Å². The van der Waals surface area contributed by atoms with Crippen LogP contribution in [0.5, 0.6) is 0 Å². The average Bonchev–Trinajstić information content (AvgIpc) is 2.28. The molecule has 1 atom stereocenters. The number of carboxylic acids is 1. The van der Waals surface area contributed by atoms with Gasteiger partial charge in [0, 0.05) is 25.0 Å². The largest absolute Gasteiger partial charge is 0.480 e. The van der Waals surface area contributed by atoms with Crippen molar-refractivity contribution in [3.05, 3.63) is 0 Å². The Morgan fingerprint density at radius 3 is 2.18 bits per heavy atom. The van der Waals surface area contributed by atoms with E-state index < -0.39 is 12.0 Å². The molecule has 1 heterocycles. The molecule has 2 N–H and O–H groups in total. The van der Waals surface area contributed by atoms with Gasteiger partial charge in [0.1, 0.15) is 6.04 Å². The second-order valence-corrected chi connectivity index (χ2v) is 4.98. The highest BCUT2D eigenvalue weighted by molar-refractivity contribution is 5.78. The number of carbonyl (C=O) groups excluding carboxylic acids is 1. The molecule has 0 aliphatic carbocycles. The van der Waals surface area contributed by atoms with Gasteiger partial charge in [-0.3, -0.25) is 9.59 Å². The van der Waals surface area contributed by atoms with E-state index in [2.05, 4.69) is 5.32 Å². The minimum atomic E-state index is -0.828. The fourth-order valence-electron chi connectivity index (χ4n) is 2.06. The third-order valence-electron chi connectivity index (χ3n) is 3.16. The van der Waals surface area contributed by atoms with Crippen molar-refractivity contribution in [2.75, 3.05) is 13.1 Å². The van der Waals surface area contributed by atoms with Gasteiger partial charge in [-0.25, -0.2) is 0 Å². The number of likely N-dealkylation sites (tertiary alicyclic amines) is 1. The lowest BCUT2D eigenvalue weighted by Gasteiger charge is -2.34. The summed E-state index contributed by atoms with van der Waals surface area (Å²) in [4.78, 5) is 24.3. The lowest BCUT2D eigenvalue weighted by Crippen LogP contribution is -2.49. The number of amides is 1. The third-order valence-corrected chi connectivity index (χ3v) is 3.16. The Morgan fingerprint density at radius 1 is 1.24 bits per heavy atom. The summed E-state index contributed by atoms with van der Waals surface area (Å²) < 4.78 is 0. The van der Waals surface area contributed by atoms with E-state index in [-0.39, 0.29) is 17.9 Å². The Balaban J connectivity index is 2.36. The van der Waals surface area contributed by atoms with Crippen LogP contribution in [0.15, 0.2) is 0 Å². The van der Waals surface area contributed by atoms with E-state index in [1.165, 1.54) is 0 Å². The van der Waals surface area contributed by atoms with Gasteiger partial charge >= 0.3 is 5.97 Å². The fourth-order valence-corrected chi connectivity index (χ4v) is 2.06. The van der Waals surface area contributed by atoms with E-state index in [4.69, 9.17) is 5.11 Å². The highest BCUT2D eigenvalue weighted by Crippen LogP contribution is 2.13. The minimum Gasteiger partial charge on any atom is -0.480 e. The van der Waals surface area contributed by atoms with Crippen LogP contribution in [0.4, 0.5) is 0 Å². The van der Waals surface area contributed by atoms with E-state index in [0.717, 1.165) is 25.9 Å². The predicted octanol–water partition coefficient (Wildman–Crippen LogP) is 0.696. The lowest BCUT2D eigenvalue weighted by molar-refractivity contribution is -0.140. The van der Waals surface area contributed by atoms with Crippen LogP contribution in [0.1, 0.15) is 33.6 Å².